The SMILES string of the molecule is Cc1c(-c2ccc(N(c3ccccc3)c3ccccc3)cc2)cccc1C(C)C. The van der Waals surface area contributed by atoms with Crippen LogP contribution in [0.5, 0.6) is 0 Å². The van der Waals surface area contributed by atoms with Crippen molar-refractivity contribution in [2.45, 2.75) is 26.7 Å². The van der Waals surface area contributed by atoms with Crippen molar-refractivity contribution in [3.63, 3.8) is 0 Å². The molecule has 0 fully saturated rings. The molecule has 0 saturated heterocycles. The smallest absolute Gasteiger partial charge is 0.0462 e. The van der Waals surface area contributed by atoms with Crippen molar-refractivity contribution in [3.05, 3.63) is 114 Å². The predicted molar refractivity (Wildman–Crippen MR) is 125 cm³/mol. The van der Waals surface area contributed by atoms with E-state index in [4.69, 9.17) is 0 Å². The molecule has 144 valence electrons. The van der Waals surface area contributed by atoms with Gasteiger partial charge in [-0.2, -0.15) is 0 Å². The summed E-state index contributed by atoms with van der Waals surface area (Å²) in [6, 6.07) is 36.6. The lowest BCUT2D eigenvalue weighted by atomic mass is 9.91. The Labute approximate surface area is 174 Å². The molecule has 4 rings (SSSR count). The largest absolute Gasteiger partial charge is 0.311 e. The molecule has 0 aliphatic carbocycles. The first-order chi connectivity index (χ1) is 14.1. The van der Waals surface area contributed by atoms with Crippen molar-refractivity contribution >= 4 is 17.1 Å². The maximum Gasteiger partial charge on any atom is 0.0462 e. The van der Waals surface area contributed by atoms with Crippen LogP contribution in [-0.4, -0.2) is 0 Å². The standard InChI is InChI=1S/C28H27N/c1-21(2)27-15-10-16-28(22(27)3)23-17-19-26(20-18-23)29(24-11-6-4-7-12-24)25-13-8-5-9-14-25/h4-21H,1-3H3. The van der Waals surface area contributed by atoms with Crippen LogP contribution in [0.25, 0.3) is 11.1 Å². The molecule has 0 bridgehead atoms. The van der Waals surface area contributed by atoms with Gasteiger partial charge in [-0.25, -0.2) is 0 Å². The molecule has 0 spiro atoms. The van der Waals surface area contributed by atoms with E-state index in [-0.39, 0.29) is 0 Å². The van der Waals surface area contributed by atoms with Crippen molar-refractivity contribution in [2.75, 3.05) is 4.90 Å². The van der Waals surface area contributed by atoms with Crippen molar-refractivity contribution in [1.29, 1.82) is 0 Å². The Balaban J connectivity index is 1.75. The predicted octanol–water partition coefficient (Wildman–Crippen LogP) is 8.26. The molecule has 1 nitrogen and oxygen atoms in total. The van der Waals surface area contributed by atoms with Crippen LogP contribution in [0.2, 0.25) is 0 Å². The van der Waals surface area contributed by atoms with E-state index in [9.17, 15) is 0 Å². The second-order valence-corrected chi connectivity index (χ2v) is 7.73. The van der Waals surface area contributed by atoms with Gasteiger partial charge in [0.05, 0.1) is 0 Å². The quantitative estimate of drug-likeness (QED) is 0.338. The van der Waals surface area contributed by atoms with Crippen molar-refractivity contribution in [1.82, 2.24) is 0 Å². The summed E-state index contributed by atoms with van der Waals surface area (Å²) in [4.78, 5) is 2.29. The van der Waals surface area contributed by atoms with Crippen molar-refractivity contribution < 1.29 is 0 Å². The molecule has 0 unspecified atom stereocenters. The van der Waals surface area contributed by atoms with Gasteiger partial charge in [0.2, 0.25) is 0 Å². The van der Waals surface area contributed by atoms with E-state index in [1.807, 2.05) is 0 Å². The molecule has 0 aliphatic heterocycles. The number of anilines is 3. The highest BCUT2D eigenvalue weighted by Gasteiger charge is 2.13. The summed E-state index contributed by atoms with van der Waals surface area (Å²) in [5, 5.41) is 0. The molecule has 0 N–H and O–H groups in total. The Morgan fingerprint density at radius 1 is 0.552 bits per heavy atom. The van der Waals surface area contributed by atoms with E-state index in [2.05, 4.69) is 129 Å². The van der Waals surface area contributed by atoms with Crippen LogP contribution in [0.1, 0.15) is 30.9 Å². The third-order valence-corrected chi connectivity index (χ3v) is 5.46. The Hall–Kier alpha value is -3.32. The zero-order valence-electron chi connectivity index (χ0n) is 17.3. The molecule has 0 saturated carbocycles. The summed E-state index contributed by atoms with van der Waals surface area (Å²) in [5.41, 5.74) is 8.83. The van der Waals surface area contributed by atoms with Crippen LogP contribution in [0.15, 0.2) is 103 Å². The molecule has 0 aromatic heterocycles. The summed E-state index contributed by atoms with van der Waals surface area (Å²) < 4.78 is 0. The highest BCUT2D eigenvalue weighted by molar-refractivity contribution is 5.78. The zero-order chi connectivity index (χ0) is 20.2. The lowest BCUT2D eigenvalue weighted by Crippen LogP contribution is -2.09. The lowest BCUT2D eigenvalue weighted by molar-refractivity contribution is 0.857. The molecule has 0 heterocycles. The average molecular weight is 378 g/mol. The molecule has 4 aromatic carbocycles. The van der Waals surface area contributed by atoms with Gasteiger partial charge in [0.25, 0.3) is 0 Å². The summed E-state index contributed by atoms with van der Waals surface area (Å²) in [7, 11) is 0. The Kier molecular flexibility index (Phi) is 5.48. The van der Waals surface area contributed by atoms with Gasteiger partial charge in [0, 0.05) is 17.1 Å². The minimum Gasteiger partial charge on any atom is -0.311 e. The fourth-order valence-corrected chi connectivity index (χ4v) is 3.98. The lowest BCUT2D eigenvalue weighted by Gasteiger charge is -2.25. The number of hydrogen-bond donors (Lipinski definition) is 0. The molecule has 4 aromatic rings. The van der Waals surface area contributed by atoms with Crippen LogP contribution < -0.4 is 4.90 Å². The summed E-state index contributed by atoms with van der Waals surface area (Å²) >= 11 is 0. The second kappa shape index (κ2) is 8.36. The number of hydrogen-bond acceptors (Lipinski definition) is 1. The topological polar surface area (TPSA) is 3.24 Å². The van der Waals surface area contributed by atoms with Gasteiger partial charge in [0.1, 0.15) is 0 Å². The number of benzene rings is 4. The first-order valence-electron chi connectivity index (χ1n) is 10.3. The van der Waals surface area contributed by atoms with Crippen LogP contribution in [0.4, 0.5) is 17.1 Å². The van der Waals surface area contributed by atoms with E-state index in [0.717, 1.165) is 17.1 Å². The Morgan fingerprint density at radius 2 is 1.07 bits per heavy atom. The fraction of sp³-hybridized carbons (Fsp3) is 0.143. The summed E-state index contributed by atoms with van der Waals surface area (Å²) in [6.45, 7) is 6.75. The minimum absolute atomic E-state index is 0.529. The summed E-state index contributed by atoms with van der Waals surface area (Å²) in [5.74, 6) is 0.529. The molecule has 0 aliphatic rings. The second-order valence-electron chi connectivity index (χ2n) is 7.73. The van der Waals surface area contributed by atoms with Crippen LogP contribution in [-0.2, 0) is 0 Å². The van der Waals surface area contributed by atoms with Gasteiger partial charge >= 0.3 is 0 Å². The highest BCUT2D eigenvalue weighted by Crippen LogP contribution is 2.36. The van der Waals surface area contributed by atoms with Crippen LogP contribution in [0.3, 0.4) is 0 Å². The van der Waals surface area contributed by atoms with Gasteiger partial charge in [0.15, 0.2) is 0 Å². The Morgan fingerprint density at radius 3 is 1.59 bits per heavy atom. The van der Waals surface area contributed by atoms with Gasteiger partial charge < -0.3 is 4.90 Å². The number of rotatable bonds is 5. The third-order valence-electron chi connectivity index (χ3n) is 5.46. The Bertz CT molecular complexity index is 1020. The van der Waals surface area contributed by atoms with Gasteiger partial charge in [-0.3, -0.25) is 0 Å². The zero-order valence-corrected chi connectivity index (χ0v) is 17.3. The average Bonchev–Trinajstić information content (AvgIpc) is 2.76. The van der Waals surface area contributed by atoms with Crippen molar-refractivity contribution in [3.8, 4) is 11.1 Å². The summed E-state index contributed by atoms with van der Waals surface area (Å²) in [6.07, 6.45) is 0. The molecule has 29 heavy (non-hydrogen) atoms. The monoisotopic (exact) mass is 377 g/mol. The van der Waals surface area contributed by atoms with Gasteiger partial charge in [-0.05, 0) is 71.5 Å². The highest BCUT2D eigenvalue weighted by atomic mass is 15.1. The van der Waals surface area contributed by atoms with Gasteiger partial charge in [-0.1, -0.05) is 80.6 Å². The molecule has 0 radical (unpaired) electrons. The van der Waals surface area contributed by atoms with E-state index in [1.54, 1.807) is 0 Å². The third kappa shape index (κ3) is 3.95. The van der Waals surface area contributed by atoms with E-state index < -0.39 is 0 Å². The molecule has 1 heteroatoms. The van der Waals surface area contributed by atoms with Crippen molar-refractivity contribution in [2.24, 2.45) is 0 Å². The van der Waals surface area contributed by atoms with E-state index in [1.165, 1.54) is 22.3 Å². The molecular formula is C28H27N. The van der Waals surface area contributed by atoms with E-state index in [0.29, 0.717) is 5.92 Å². The first kappa shape index (κ1) is 19.0. The molecular weight excluding hydrogens is 350 g/mol. The normalized spacial score (nSPS) is 10.9. The number of para-hydroxylation sites is 2. The van der Waals surface area contributed by atoms with Crippen LogP contribution >= 0.6 is 0 Å². The van der Waals surface area contributed by atoms with Crippen LogP contribution in [0, 0.1) is 6.92 Å². The minimum atomic E-state index is 0.529. The maximum absolute atomic E-state index is 2.29. The first-order valence-corrected chi connectivity index (χ1v) is 10.3. The molecule has 0 atom stereocenters. The maximum atomic E-state index is 2.29. The van der Waals surface area contributed by atoms with Gasteiger partial charge in [-0.15, -0.1) is 0 Å². The fourth-order valence-electron chi connectivity index (χ4n) is 3.98. The van der Waals surface area contributed by atoms with E-state index >= 15 is 0 Å². The number of nitrogens with zero attached hydrogens (tertiary/aromatic N) is 1. The molecule has 0 amide bonds.